The van der Waals surface area contributed by atoms with Gasteiger partial charge in [-0.2, -0.15) is 0 Å². The van der Waals surface area contributed by atoms with Crippen LogP contribution < -0.4 is 11.1 Å². The normalized spacial score (nSPS) is 13.3. The van der Waals surface area contributed by atoms with Gasteiger partial charge in [0.1, 0.15) is 5.69 Å². The molecule has 8 nitrogen and oxygen atoms in total. The molecule has 0 bridgehead atoms. The minimum Gasteiger partial charge on any atom is -0.481 e. The standard InChI is InChI=1S/C12H15N3O5/c1-6(12(17)18)7(2)14-9-5-8(11(13)16)3-4-10(9)15(19)20/h3-7,14H,1-2H3,(H2,13,16)(H,17,18). The molecule has 1 amide bonds. The van der Waals surface area contributed by atoms with Crippen molar-refractivity contribution in [3.05, 3.63) is 33.9 Å². The summed E-state index contributed by atoms with van der Waals surface area (Å²) in [6, 6.07) is 3.08. The predicted octanol–water partition coefficient (Wildman–Crippen LogP) is 1.21. The van der Waals surface area contributed by atoms with Gasteiger partial charge in [-0.25, -0.2) is 0 Å². The lowest BCUT2D eigenvalue weighted by atomic mass is 10.0. The van der Waals surface area contributed by atoms with Crippen molar-refractivity contribution in [3.63, 3.8) is 0 Å². The smallest absolute Gasteiger partial charge is 0.308 e. The van der Waals surface area contributed by atoms with Crippen LogP contribution in [0, 0.1) is 16.0 Å². The number of carbonyl (C=O) groups is 2. The topological polar surface area (TPSA) is 136 Å². The number of nitrogens with one attached hydrogen (secondary N) is 1. The van der Waals surface area contributed by atoms with E-state index < -0.39 is 28.8 Å². The van der Waals surface area contributed by atoms with E-state index in [1.165, 1.54) is 19.1 Å². The van der Waals surface area contributed by atoms with Gasteiger partial charge in [-0.3, -0.25) is 19.7 Å². The van der Waals surface area contributed by atoms with Gasteiger partial charge in [-0.1, -0.05) is 0 Å². The van der Waals surface area contributed by atoms with E-state index in [4.69, 9.17) is 10.8 Å². The molecule has 108 valence electrons. The number of primary amides is 1. The molecule has 0 aliphatic carbocycles. The number of carboxylic acids is 1. The maximum absolute atomic E-state index is 11.1. The van der Waals surface area contributed by atoms with E-state index in [1.54, 1.807) is 6.92 Å². The first-order chi connectivity index (χ1) is 9.23. The summed E-state index contributed by atoms with van der Waals surface area (Å²) in [6.07, 6.45) is 0. The van der Waals surface area contributed by atoms with E-state index in [-0.39, 0.29) is 16.9 Å². The van der Waals surface area contributed by atoms with Gasteiger partial charge in [0.05, 0.1) is 10.8 Å². The zero-order valence-corrected chi connectivity index (χ0v) is 11.0. The molecule has 1 aromatic rings. The van der Waals surface area contributed by atoms with Crippen molar-refractivity contribution in [3.8, 4) is 0 Å². The lowest BCUT2D eigenvalue weighted by Gasteiger charge is -2.19. The number of aliphatic carboxylic acids is 1. The highest BCUT2D eigenvalue weighted by Gasteiger charge is 2.23. The Balaban J connectivity index is 3.13. The molecule has 4 N–H and O–H groups in total. The Morgan fingerprint density at radius 3 is 2.45 bits per heavy atom. The van der Waals surface area contributed by atoms with Crippen molar-refractivity contribution in [2.45, 2.75) is 19.9 Å². The Hall–Kier alpha value is -2.64. The summed E-state index contributed by atoms with van der Waals surface area (Å²) in [4.78, 5) is 32.3. The summed E-state index contributed by atoms with van der Waals surface area (Å²) in [5, 5.41) is 22.6. The molecule has 0 radical (unpaired) electrons. The number of hydrogen-bond donors (Lipinski definition) is 3. The molecule has 2 unspecified atom stereocenters. The Kier molecular flexibility index (Phi) is 4.63. The van der Waals surface area contributed by atoms with Crippen LogP contribution in [0.4, 0.5) is 11.4 Å². The van der Waals surface area contributed by atoms with Crippen molar-refractivity contribution in [2.24, 2.45) is 11.7 Å². The largest absolute Gasteiger partial charge is 0.481 e. The van der Waals surface area contributed by atoms with Crippen molar-refractivity contribution < 1.29 is 19.6 Å². The van der Waals surface area contributed by atoms with Crippen molar-refractivity contribution in [1.29, 1.82) is 0 Å². The van der Waals surface area contributed by atoms with Crippen molar-refractivity contribution in [2.75, 3.05) is 5.32 Å². The lowest BCUT2D eigenvalue weighted by Crippen LogP contribution is -2.30. The number of anilines is 1. The minimum absolute atomic E-state index is 0.0619. The van der Waals surface area contributed by atoms with Crippen LogP contribution >= 0.6 is 0 Å². The van der Waals surface area contributed by atoms with Gasteiger partial charge >= 0.3 is 5.97 Å². The van der Waals surface area contributed by atoms with Gasteiger partial charge in [0.15, 0.2) is 0 Å². The Morgan fingerprint density at radius 1 is 1.40 bits per heavy atom. The summed E-state index contributed by atoms with van der Waals surface area (Å²) in [5.41, 5.74) is 5.03. The number of nitrogens with two attached hydrogens (primary N) is 1. The number of hydrogen-bond acceptors (Lipinski definition) is 5. The van der Waals surface area contributed by atoms with Crippen LogP contribution in [0.15, 0.2) is 18.2 Å². The molecule has 0 saturated heterocycles. The maximum atomic E-state index is 11.1. The maximum Gasteiger partial charge on any atom is 0.308 e. The minimum atomic E-state index is -1.03. The van der Waals surface area contributed by atoms with Crippen LogP contribution in [0.5, 0.6) is 0 Å². The third kappa shape index (κ3) is 3.44. The monoisotopic (exact) mass is 281 g/mol. The summed E-state index contributed by atoms with van der Waals surface area (Å²) in [6.45, 7) is 3.06. The summed E-state index contributed by atoms with van der Waals surface area (Å²) < 4.78 is 0. The van der Waals surface area contributed by atoms with Gasteiger partial charge in [-0.05, 0) is 26.0 Å². The molecule has 1 rings (SSSR count). The van der Waals surface area contributed by atoms with E-state index in [0.717, 1.165) is 6.07 Å². The number of carbonyl (C=O) groups excluding carboxylic acids is 1. The molecular formula is C12H15N3O5. The predicted molar refractivity (Wildman–Crippen MR) is 71.5 cm³/mol. The molecule has 20 heavy (non-hydrogen) atoms. The van der Waals surface area contributed by atoms with Gasteiger partial charge in [0.25, 0.3) is 5.69 Å². The number of nitrogens with zero attached hydrogens (tertiary/aromatic N) is 1. The van der Waals surface area contributed by atoms with Gasteiger partial charge in [0.2, 0.25) is 5.91 Å². The summed E-state index contributed by atoms with van der Waals surface area (Å²) in [5.74, 6) is -2.51. The first kappa shape index (κ1) is 15.4. The van der Waals surface area contributed by atoms with E-state index in [1.807, 2.05) is 0 Å². The zero-order valence-electron chi connectivity index (χ0n) is 11.0. The summed E-state index contributed by atoms with van der Waals surface area (Å²) >= 11 is 0. The first-order valence-corrected chi connectivity index (χ1v) is 5.81. The second kappa shape index (κ2) is 6.00. The fourth-order valence-electron chi connectivity index (χ4n) is 1.55. The number of amides is 1. The van der Waals surface area contributed by atoms with Gasteiger partial charge in [-0.15, -0.1) is 0 Å². The number of nitro benzene ring substituents is 1. The second-order valence-electron chi connectivity index (χ2n) is 4.41. The molecular weight excluding hydrogens is 266 g/mol. The Bertz CT molecular complexity index is 558. The highest BCUT2D eigenvalue weighted by molar-refractivity contribution is 5.94. The zero-order chi connectivity index (χ0) is 15.4. The number of rotatable bonds is 6. The molecule has 0 heterocycles. The molecule has 0 fully saturated rings. The van der Waals surface area contributed by atoms with E-state index in [0.29, 0.717) is 0 Å². The molecule has 0 aliphatic heterocycles. The molecule has 0 aliphatic rings. The molecule has 8 heteroatoms. The van der Waals surface area contributed by atoms with Crippen LogP contribution in [-0.2, 0) is 4.79 Å². The van der Waals surface area contributed by atoms with Crippen LogP contribution in [0.1, 0.15) is 24.2 Å². The van der Waals surface area contributed by atoms with E-state index >= 15 is 0 Å². The molecule has 2 atom stereocenters. The molecule has 0 aromatic heterocycles. The second-order valence-corrected chi connectivity index (χ2v) is 4.41. The van der Waals surface area contributed by atoms with Crippen molar-refractivity contribution >= 4 is 23.3 Å². The van der Waals surface area contributed by atoms with Crippen molar-refractivity contribution in [1.82, 2.24) is 0 Å². The van der Waals surface area contributed by atoms with Gasteiger partial charge < -0.3 is 16.2 Å². The highest BCUT2D eigenvalue weighted by atomic mass is 16.6. The fraction of sp³-hybridized carbons (Fsp3) is 0.333. The Labute approximate surface area is 114 Å². The van der Waals surface area contributed by atoms with Crippen LogP contribution in [0.25, 0.3) is 0 Å². The third-order valence-corrected chi connectivity index (χ3v) is 3.00. The van der Waals surface area contributed by atoms with Gasteiger partial charge in [0, 0.05) is 17.7 Å². The fourth-order valence-corrected chi connectivity index (χ4v) is 1.55. The van der Waals surface area contributed by atoms with E-state index in [2.05, 4.69) is 5.32 Å². The quantitative estimate of drug-likeness (QED) is 0.529. The number of benzene rings is 1. The van der Waals surface area contributed by atoms with Crippen LogP contribution in [0.2, 0.25) is 0 Å². The highest BCUT2D eigenvalue weighted by Crippen LogP contribution is 2.27. The first-order valence-electron chi connectivity index (χ1n) is 5.81. The van der Waals surface area contributed by atoms with Crippen LogP contribution in [0.3, 0.4) is 0 Å². The Morgan fingerprint density at radius 2 is 2.00 bits per heavy atom. The van der Waals surface area contributed by atoms with Crippen LogP contribution in [-0.4, -0.2) is 27.9 Å². The average Bonchev–Trinajstić information content (AvgIpc) is 2.36. The molecule has 0 spiro atoms. The number of carboxylic acid groups (broad SMARTS) is 1. The average molecular weight is 281 g/mol. The lowest BCUT2D eigenvalue weighted by molar-refractivity contribution is -0.384. The van der Waals surface area contributed by atoms with E-state index in [9.17, 15) is 19.7 Å². The number of nitro groups is 1. The molecule has 1 aromatic carbocycles. The SMILES string of the molecule is CC(Nc1cc(C(N)=O)ccc1[N+](=O)[O-])C(C)C(=O)O. The summed E-state index contributed by atoms with van der Waals surface area (Å²) in [7, 11) is 0. The third-order valence-electron chi connectivity index (χ3n) is 3.00. The molecule has 0 saturated carbocycles.